The van der Waals surface area contributed by atoms with Crippen LogP contribution in [0.4, 0.5) is 0 Å². The highest BCUT2D eigenvalue weighted by Crippen LogP contribution is 2.24. The lowest BCUT2D eigenvalue weighted by Gasteiger charge is -2.41. The predicted octanol–water partition coefficient (Wildman–Crippen LogP) is 2.61. The van der Waals surface area contributed by atoms with Gasteiger partial charge in [0, 0.05) is 57.0 Å². The third kappa shape index (κ3) is 7.05. The number of nitrogens with one attached hydrogen (secondary N) is 1. The fourth-order valence-electron chi connectivity index (χ4n) is 4.56. The Balaban J connectivity index is 1.33. The van der Waals surface area contributed by atoms with Gasteiger partial charge in [0.05, 0.1) is 5.69 Å². The molecule has 2 fully saturated rings. The lowest BCUT2D eigenvalue weighted by Crippen LogP contribution is -2.49. The predicted molar refractivity (Wildman–Crippen MR) is 116 cm³/mol. The number of carbonyl (C=O) groups is 1. The summed E-state index contributed by atoms with van der Waals surface area (Å²) in [4.78, 5) is 22.2. The maximum Gasteiger partial charge on any atom is 0.223 e. The highest BCUT2D eigenvalue weighted by Gasteiger charge is 2.30. The minimum absolute atomic E-state index is 0.186. The summed E-state index contributed by atoms with van der Waals surface area (Å²) in [6.45, 7) is 11.6. The van der Waals surface area contributed by atoms with Crippen molar-refractivity contribution in [2.24, 2.45) is 5.92 Å². The second kappa shape index (κ2) is 11.6. The minimum atomic E-state index is 0.186. The van der Waals surface area contributed by atoms with Crippen molar-refractivity contribution < 1.29 is 9.53 Å². The molecule has 3 rings (SSSR count). The van der Waals surface area contributed by atoms with Gasteiger partial charge in [-0.2, -0.15) is 0 Å². The molecule has 0 atom stereocenters. The molecule has 0 aromatic carbocycles. The highest BCUT2D eigenvalue weighted by atomic mass is 16.5. The van der Waals surface area contributed by atoms with Crippen LogP contribution in [0.5, 0.6) is 0 Å². The Morgan fingerprint density at radius 2 is 1.93 bits per heavy atom. The number of piperidine rings is 2. The summed E-state index contributed by atoms with van der Waals surface area (Å²) in [5.41, 5.74) is 2.27. The smallest absolute Gasteiger partial charge is 0.223 e. The van der Waals surface area contributed by atoms with Crippen LogP contribution in [0.1, 0.15) is 50.4 Å². The van der Waals surface area contributed by atoms with Crippen LogP contribution < -0.4 is 5.32 Å². The number of carbonyl (C=O) groups excluding carboxylic acids is 1. The van der Waals surface area contributed by atoms with Crippen LogP contribution >= 0.6 is 0 Å². The van der Waals surface area contributed by atoms with Crippen LogP contribution in [-0.4, -0.2) is 72.7 Å². The third-order valence-corrected chi connectivity index (χ3v) is 6.27. The third-order valence-electron chi connectivity index (χ3n) is 6.27. The molecule has 1 aromatic rings. The molecule has 2 saturated heterocycles. The monoisotopic (exact) mass is 402 g/mol. The number of amides is 1. The fraction of sp³-hybridized carbons (Fsp3) is 0.739. The van der Waals surface area contributed by atoms with E-state index in [4.69, 9.17) is 4.74 Å². The normalized spacial score (nSPS) is 20.1. The van der Waals surface area contributed by atoms with Gasteiger partial charge in [0.1, 0.15) is 0 Å². The van der Waals surface area contributed by atoms with Crippen LogP contribution in [0.3, 0.4) is 0 Å². The van der Waals surface area contributed by atoms with Gasteiger partial charge in [0.25, 0.3) is 0 Å². The molecule has 2 aliphatic heterocycles. The molecule has 0 aliphatic carbocycles. The number of hydrogen-bond donors (Lipinski definition) is 1. The van der Waals surface area contributed by atoms with Gasteiger partial charge in [0.2, 0.25) is 5.91 Å². The van der Waals surface area contributed by atoms with Crippen molar-refractivity contribution >= 4 is 5.91 Å². The zero-order chi connectivity index (χ0) is 20.5. The van der Waals surface area contributed by atoms with Gasteiger partial charge in [-0.15, -0.1) is 0 Å². The van der Waals surface area contributed by atoms with Crippen molar-refractivity contribution in [2.45, 2.75) is 58.5 Å². The Morgan fingerprint density at radius 1 is 1.17 bits per heavy atom. The van der Waals surface area contributed by atoms with Gasteiger partial charge in [-0.25, -0.2) is 0 Å². The second-order valence-corrected chi connectivity index (χ2v) is 8.43. The lowest BCUT2D eigenvalue weighted by molar-refractivity contribution is -0.126. The van der Waals surface area contributed by atoms with E-state index >= 15 is 0 Å². The first-order chi connectivity index (χ1) is 14.2. The topological polar surface area (TPSA) is 57.7 Å². The Kier molecular flexibility index (Phi) is 8.90. The average Bonchev–Trinajstić information content (AvgIpc) is 2.74. The molecule has 0 bridgehead atoms. The summed E-state index contributed by atoms with van der Waals surface area (Å²) in [6, 6.07) is 6.96. The van der Waals surface area contributed by atoms with E-state index in [2.05, 4.69) is 45.2 Å². The summed E-state index contributed by atoms with van der Waals surface area (Å²) < 4.78 is 5.32. The van der Waals surface area contributed by atoms with Crippen molar-refractivity contribution in [1.29, 1.82) is 0 Å². The Morgan fingerprint density at radius 3 is 2.62 bits per heavy atom. The van der Waals surface area contributed by atoms with Gasteiger partial charge in [-0.3, -0.25) is 14.7 Å². The van der Waals surface area contributed by atoms with E-state index in [9.17, 15) is 4.79 Å². The molecule has 1 aromatic heterocycles. The number of aromatic nitrogens is 1. The molecule has 162 valence electrons. The van der Waals surface area contributed by atoms with Crippen LogP contribution in [0.25, 0.3) is 0 Å². The number of hydrogen-bond acceptors (Lipinski definition) is 5. The lowest BCUT2D eigenvalue weighted by atomic mass is 9.92. The molecule has 1 amide bonds. The maximum atomic E-state index is 12.4. The first kappa shape index (κ1) is 22.2. The van der Waals surface area contributed by atoms with Crippen molar-refractivity contribution in [3.8, 4) is 0 Å². The molecule has 0 spiro atoms. The minimum Gasteiger partial charge on any atom is -0.382 e. The second-order valence-electron chi connectivity index (χ2n) is 8.43. The van der Waals surface area contributed by atoms with Crippen LogP contribution in [0, 0.1) is 12.8 Å². The fourth-order valence-corrected chi connectivity index (χ4v) is 4.56. The number of likely N-dealkylation sites (tertiary alicyclic amines) is 2. The number of pyridine rings is 1. The Hall–Kier alpha value is -1.50. The van der Waals surface area contributed by atoms with E-state index in [-0.39, 0.29) is 11.8 Å². The van der Waals surface area contributed by atoms with Gasteiger partial charge in [-0.1, -0.05) is 6.07 Å². The largest absolute Gasteiger partial charge is 0.382 e. The molecule has 0 radical (unpaired) electrons. The van der Waals surface area contributed by atoms with Crippen molar-refractivity contribution in [3.05, 3.63) is 29.6 Å². The summed E-state index contributed by atoms with van der Waals surface area (Å²) >= 11 is 0. The molecule has 3 heterocycles. The Labute approximate surface area is 176 Å². The highest BCUT2D eigenvalue weighted by molar-refractivity contribution is 5.78. The standard InChI is InChI=1S/C23H38N4O2/c1-3-29-17-5-12-24-23(28)20-8-15-27(16-9-20)22-10-13-26(14-11-22)18-21-7-4-6-19(2)25-21/h4,6-7,20,22H,3,5,8-18H2,1-2H3,(H,24,28). The van der Waals surface area contributed by atoms with Gasteiger partial charge >= 0.3 is 0 Å². The average molecular weight is 403 g/mol. The molecule has 6 nitrogen and oxygen atoms in total. The molecule has 6 heteroatoms. The van der Waals surface area contributed by atoms with E-state index in [0.29, 0.717) is 6.04 Å². The quantitative estimate of drug-likeness (QED) is 0.644. The number of nitrogens with zero attached hydrogens (tertiary/aromatic N) is 3. The molecule has 2 aliphatic rings. The maximum absolute atomic E-state index is 12.4. The van der Waals surface area contributed by atoms with E-state index in [1.165, 1.54) is 18.5 Å². The van der Waals surface area contributed by atoms with E-state index in [1.807, 2.05) is 6.92 Å². The van der Waals surface area contributed by atoms with Crippen LogP contribution in [0.15, 0.2) is 18.2 Å². The number of rotatable bonds is 9. The molecule has 0 unspecified atom stereocenters. The molecule has 0 saturated carbocycles. The molecular weight excluding hydrogens is 364 g/mol. The van der Waals surface area contributed by atoms with Crippen molar-refractivity contribution in [2.75, 3.05) is 45.9 Å². The first-order valence-electron chi connectivity index (χ1n) is 11.4. The summed E-state index contributed by atoms with van der Waals surface area (Å²) in [6.07, 6.45) is 5.32. The van der Waals surface area contributed by atoms with Gasteiger partial charge in [0.15, 0.2) is 0 Å². The zero-order valence-electron chi connectivity index (χ0n) is 18.2. The van der Waals surface area contributed by atoms with Gasteiger partial charge < -0.3 is 15.0 Å². The Bertz CT molecular complexity index is 623. The van der Waals surface area contributed by atoms with Crippen molar-refractivity contribution in [1.82, 2.24) is 20.1 Å². The van der Waals surface area contributed by atoms with Crippen LogP contribution in [0.2, 0.25) is 0 Å². The SMILES string of the molecule is CCOCCCNC(=O)C1CCN(C2CCN(Cc3cccc(C)n3)CC2)CC1. The first-order valence-corrected chi connectivity index (χ1v) is 11.4. The van der Waals surface area contributed by atoms with E-state index < -0.39 is 0 Å². The molecule has 29 heavy (non-hydrogen) atoms. The summed E-state index contributed by atoms with van der Waals surface area (Å²) in [5, 5.41) is 3.09. The van der Waals surface area contributed by atoms with Crippen LogP contribution in [-0.2, 0) is 16.1 Å². The van der Waals surface area contributed by atoms with E-state index in [0.717, 1.165) is 77.4 Å². The molecule has 1 N–H and O–H groups in total. The summed E-state index contributed by atoms with van der Waals surface area (Å²) in [7, 11) is 0. The number of ether oxygens (including phenoxy) is 1. The zero-order valence-corrected chi connectivity index (χ0v) is 18.2. The summed E-state index contributed by atoms with van der Waals surface area (Å²) in [5.74, 6) is 0.424. The van der Waals surface area contributed by atoms with Gasteiger partial charge in [-0.05, 0) is 71.2 Å². The van der Waals surface area contributed by atoms with E-state index in [1.54, 1.807) is 0 Å². The number of aryl methyl sites for hydroxylation is 1. The molecular formula is C23H38N4O2. The van der Waals surface area contributed by atoms with Crippen molar-refractivity contribution in [3.63, 3.8) is 0 Å².